The first-order valence-corrected chi connectivity index (χ1v) is 18.2. The third-order valence-corrected chi connectivity index (χ3v) is 12.9. The first-order chi connectivity index (χ1) is 22.8. The van der Waals surface area contributed by atoms with Gasteiger partial charge in [0.1, 0.15) is 5.82 Å². The van der Waals surface area contributed by atoms with Crippen molar-refractivity contribution in [2.24, 2.45) is 17.9 Å². The average molecular weight is 638 g/mol. The smallest absolute Gasteiger partial charge is 0.309 e. The van der Waals surface area contributed by atoms with Gasteiger partial charge in [0.15, 0.2) is 0 Å². The number of aryl methyl sites for hydroxylation is 2. The first kappa shape index (κ1) is 30.8. The monoisotopic (exact) mass is 637 g/mol. The van der Waals surface area contributed by atoms with Crippen LogP contribution in [0.25, 0.3) is 0 Å². The van der Waals surface area contributed by atoms with Crippen LogP contribution < -0.4 is 10.2 Å². The number of carbonyl (C=O) groups is 1. The summed E-state index contributed by atoms with van der Waals surface area (Å²) in [7, 11) is 4.14. The Labute approximate surface area is 279 Å². The summed E-state index contributed by atoms with van der Waals surface area (Å²) in [6, 6.07) is 12.5. The van der Waals surface area contributed by atoms with Crippen LogP contribution >= 0.6 is 0 Å². The van der Waals surface area contributed by atoms with Crippen molar-refractivity contribution in [3.63, 3.8) is 0 Å². The van der Waals surface area contributed by atoms with Gasteiger partial charge in [0.25, 0.3) is 0 Å². The maximum Gasteiger partial charge on any atom is 0.309 e. The molecular formula is C38H51N7O2. The zero-order valence-corrected chi connectivity index (χ0v) is 28.4. The predicted octanol–water partition coefficient (Wildman–Crippen LogP) is 6.51. The third-order valence-electron chi connectivity index (χ3n) is 12.9. The standard InChI is InChI=1S/C38H51N7O2/c1-4-33(37-22-38(23-37,24-37)35(46)47)44(3)36-41-31-17-16-26(25-10-6-5-7-11-25)18-30(31)34(42-36)40-32(27-19-39-43(2)20-27)21-45-28-12-8-13-29(45)15-9-14-28/h5-7,10-11,19-20,26,28-29,32-33H,4,8-9,12-18,21-24H2,1-3H3,(H,46,47)(H,40,41,42)/t26-,28?,29?,32+,33?,37?,38?/m1/s1. The van der Waals surface area contributed by atoms with Crippen molar-refractivity contribution in [2.45, 2.75) is 120 Å². The highest BCUT2D eigenvalue weighted by atomic mass is 16.4. The Morgan fingerprint density at radius 3 is 2.38 bits per heavy atom. The first-order valence-electron chi connectivity index (χ1n) is 18.2. The van der Waals surface area contributed by atoms with E-state index in [2.05, 4.69) is 70.7 Å². The molecule has 2 saturated heterocycles. The van der Waals surface area contributed by atoms with Gasteiger partial charge in [-0.05, 0) is 87.5 Å². The van der Waals surface area contributed by atoms with E-state index in [1.807, 2.05) is 17.9 Å². The van der Waals surface area contributed by atoms with Crippen LogP contribution in [0.3, 0.4) is 0 Å². The Hall–Kier alpha value is -3.46. The Balaban J connectivity index is 1.14. The lowest BCUT2D eigenvalue weighted by Gasteiger charge is -2.71. The van der Waals surface area contributed by atoms with Gasteiger partial charge in [-0.1, -0.05) is 50.1 Å². The van der Waals surface area contributed by atoms with Gasteiger partial charge in [0.05, 0.1) is 23.3 Å². The van der Waals surface area contributed by atoms with Crippen molar-refractivity contribution in [2.75, 3.05) is 23.8 Å². The number of piperidine rings is 2. The second-order valence-corrected chi connectivity index (χ2v) is 15.7. The number of hydrogen-bond donors (Lipinski definition) is 2. The predicted molar refractivity (Wildman–Crippen MR) is 184 cm³/mol. The molecule has 9 heteroatoms. The summed E-state index contributed by atoms with van der Waals surface area (Å²) in [5, 5.41) is 18.5. The minimum absolute atomic E-state index is 0.0530. The molecule has 0 spiro atoms. The van der Waals surface area contributed by atoms with E-state index in [0.717, 1.165) is 69.0 Å². The van der Waals surface area contributed by atoms with Gasteiger partial charge in [0, 0.05) is 56.1 Å². The molecule has 3 atom stereocenters. The fraction of sp³-hybridized carbons (Fsp3) is 0.632. The van der Waals surface area contributed by atoms with Gasteiger partial charge in [-0.3, -0.25) is 14.4 Å². The molecule has 6 aliphatic rings. The number of aromatic nitrogens is 4. The number of benzene rings is 1. The number of fused-ring (bicyclic) bond motifs is 3. The summed E-state index contributed by atoms with van der Waals surface area (Å²) in [5.74, 6) is 1.54. The molecule has 1 unspecified atom stereocenters. The van der Waals surface area contributed by atoms with Gasteiger partial charge in [-0.2, -0.15) is 10.1 Å². The van der Waals surface area contributed by atoms with Crippen molar-refractivity contribution < 1.29 is 9.90 Å². The fourth-order valence-electron chi connectivity index (χ4n) is 10.5. The summed E-state index contributed by atoms with van der Waals surface area (Å²) < 4.78 is 1.92. The van der Waals surface area contributed by atoms with Gasteiger partial charge < -0.3 is 15.3 Å². The lowest BCUT2D eigenvalue weighted by atomic mass is 9.33. The molecule has 1 aromatic carbocycles. The number of hydrogen-bond acceptors (Lipinski definition) is 7. The van der Waals surface area contributed by atoms with Gasteiger partial charge in [-0.25, -0.2) is 4.98 Å². The van der Waals surface area contributed by atoms with E-state index in [0.29, 0.717) is 18.0 Å². The van der Waals surface area contributed by atoms with Gasteiger partial charge >= 0.3 is 5.97 Å². The van der Waals surface area contributed by atoms with Crippen LogP contribution in [0.4, 0.5) is 11.8 Å². The average Bonchev–Trinajstić information content (AvgIpc) is 3.47. The molecule has 2 N–H and O–H groups in total. The zero-order valence-electron chi connectivity index (χ0n) is 28.4. The van der Waals surface area contributed by atoms with Crippen molar-refractivity contribution in [3.05, 3.63) is 65.1 Å². The second-order valence-electron chi connectivity index (χ2n) is 15.7. The van der Waals surface area contributed by atoms with Crippen LogP contribution in [0.2, 0.25) is 0 Å². The molecule has 0 radical (unpaired) electrons. The quantitative estimate of drug-likeness (QED) is 0.246. The van der Waals surface area contributed by atoms with Crippen LogP contribution in [0, 0.1) is 10.8 Å². The summed E-state index contributed by atoms with van der Waals surface area (Å²) >= 11 is 0. The van der Waals surface area contributed by atoms with Crippen LogP contribution in [-0.2, 0) is 24.7 Å². The maximum atomic E-state index is 11.9. The van der Waals surface area contributed by atoms with Crippen LogP contribution in [0.5, 0.6) is 0 Å². The number of aliphatic carboxylic acids is 1. The van der Waals surface area contributed by atoms with E-state index in [-0.39, 0.29) is 17.5 Å². The Morgan fingerprint density at radius 2 is 1.77 bits per heavy atom. The minimum Gasteiger partial charge on any atom is -0.481 e. The zero-order chi connectivity index (χ0) is 32.3. The highest BCUT2D eigenvalue weighted by molar-refractivity contribution is 5.79. The summed E-state index contributed by atoms with van der Waals surface area (Å²) in [5.41, 5.74) is 4.56. The van der Waals surface area contributed by atoms with E-state index in [9.17, 15) is 9.90 Å². The van der Waals surface area contributed by atoms with E-state index < -0.39 is 11.4 Å². The Bertz CT molecular complexity index is 1580. The van der Waals surface area contributed by atoms with E-state index in [4.69, 9.17) is 9.97 Å². The molecule has 2 aromatic heterocycles. The maximum absolute atomic E-state index is 11.9. The molecule has 3 aromatic rings. The fourth-order valence-corrected chi connectivity index (χ4v) is 10.5. The SMILES string of the molecule is CCC(N(C)c1nc2c(c(N[C@@H](CN3C4CCCC3CCC4)c3cnn(C)c3)n1)C[C@H](c1ccccc1)CC2)C12CC(C(=O)O)(C1)C2. The van der Waals surface area contributed by atoms with Gasteiger partial charge in [-0.15, -0.1) is 0 Å². The molecule has 5 fully saturated rings. The van der Waals surface area contributed by atoms with Crippen molar-refractivity contribution in [3.8, 4) is 0 Å². The van der Waals surface area contributed by atoms with Crippen LogP contribution in [0.1, 0.15) is 112 Å². The number of carboxylic acid groups (broad SMARTS) is 1. The van der Waals surface area contributed by atoms with Crippen molar-refractivity contribution in [1.29, 1.82) is 0 Å². The summed E-state index contributed by atoms with van der Waals surface area (Å²) in [4.78, 5) is 27.7. The summed E-state index contributed by atoms with van der Waals surface area (Å²) in [6.45, 7) is 3.18. The largest absolute Gasteiger partial charge is 0.481 e. The molecule has 9 rings (SSSR count). The van der Waals surface area contributed by atoms with E-state index >= 15 is 0 Å². The minimum atomic E-state index is -0.624. The van der Waals surface area contributed by atoms with Crippen LogP contribution in [0.15, 0.2) is 42.7 Å². The molecule has 4 bridgehead atoms. The molecule has 47 heavy (non-hydrogen) atoms. The van der Waals surface area contributed by atoms with E-state index in [1.54, 1.807) is 0 Å². The number of nitrogens with one attached hydrogen (secondary N) is 1. The molecule has 2 aliphatic heterocycles. The van der Waals surface area contributed by atoms with Crippen molar-refractivity contribution >= 4 is 17.7 Å². The molecular weight excluding hydrogens is 586 g/mol. The molecule has 4 heterocycles. The van der Waals surface area contributed by atoms with Gasteiger partial charge in [0.2, 0.25) is 5.95 Å². The van der Waals surface area contributed by atoms with Crippen LogP contribution in [-0.4, -0.2) is 67.4 Å². The number of rotatable bonds is 11. The highest BCUT2D eigenvalue weighted by Crippen LogP contribution is 2.75. The Kier molecular flexibility index (Phi) is 7.81. The number of carboxylic acids is 1. The number of anilines is 2. The lowest BCUT2D eigenvalue weighted by molar-refractivity contribution is -0.230. The molecule has 4 aliphatic carbocycles. The lowest BCUT2D eigenvalue weighted by Crippen LogP contribution is -2.72. The Morgan fingerprint density at radius 1 is 1.06 bits per heavy atom. The molecule has 250 valence electrons. The van der Waals surface area contributed by atoms with Crippen molar-refractivity contribution in [1.82, 2.24) is 24.6 Å². The normalized spacial score (nSPS) is 30.7. The molecule has 0 amide bonds. The number of nitrogens with zero attached hydrogens (tertiary/aromatic N) is 6. The van der Waals surface area contributed by atoms with E-state index in [1.165, 1.54) is 55.2 Å². The second kappa shape index (κ2) is 11.9. The third kappa shape index (κ3) is 5.33. The molecule has 3 saturated carbocycles. The summed E-state index contributed by atoms with van der Waals surface area (Å²) in [6.07, 6.45) is 18.3. The highest BCUT2D eigenvalue weighted by Gasteiger charge is 2.74. The topological polar surface area (TPSA) is 99.4 Å². The molecule has 9 nitrogen and oxygen atoms in total.